The lowest BCUT2D eigenvalue weighted by Gasteiger charge is -2.35. The number of sulfone groups is 1. The highest BCUT2D eigenvalue weighted by atomic mass is 32.2. The van der Waals surface area contributed by atoms with E-state index in [1.807, 2.05) is 0 Å². The van der Waals surface area contributed by atoms with Crippen LogP contribution in [0.3, 0.4) is 0 Å². The van der Waals surface area contributed by atoms with Crippen LogP contribution in [0.15, 0.2) is 0 Å². The minimum Gasteiger partial charge on any atom is -0.480 e. The summed E-state index contributed by atoms with van der Waals surface area (Å²) in [5.74, 6) is -5.65. The number of carbonyl (C=O) groups is 4. The van der Waals surface area contributed by atoms with Crippen LogP contribution < -0.4 is 0 Å². The molecule has 0 spiro atoms. The first-order chi connectivity index (χ1) is 11.9. The number of aromatic nitrogens is 3. The Kier molecular flexibility index (Phi) is 3.58. The van der Waals surface area contributed by atoms with Gasteiger partial charge >= 0.3 is 17.9 Å². The molecule has 3 rings (SSSR count). The van der Waals surface area contributed by atoms with E-state index in [9.17, 15) is 37.8 Å². The molecule has 0 aliphatic carbocycles. The molecule has 1 aromatic heterocycles. The first-order valence-electron chi connectivity index (χ1n) is 7.11. The van der Waals surface area contributed by atoms with Crippen molar-refractivity contribution in [2.24, 2.45) is 0 Å². The summed E-state index contributed by atoms with van der Waals surface area (Å²) in [6.45, 7) is 0.259. The fourth-order valence-corrected chi connectivity index (χ4v) is 5.71. The second-order valence-electron chi connectivity index (χ2n) is 6.11. The standard InChI is InChI=1S/C12H12N4O9S/c1-12(3-15-7(10(20)21)6(9(18)19)13-14-15)8(11(22)23)16-4(17)2-5(16)26(12,24)25/h5,8H,2-3H2,1H3,(H,18,19)(H,20,21)(H,22,23)/t5-,8-,12-/m0/s1. The Morgan fingerprint density at radius 2 is 1.85 bits per heavy atom. The zero-order valence-corrected chi connectivity index (χ0v) is 13.9. The van der Waals surface area contributed by atoms with Gasteiger partial charge in [0.05, 0.1) is 13.0 Å². The summed E-state index contributed by atoms with van der Waals surface area (Å²) in [7, 11) is -4.21. The van der Waals surface area contributed by atoms with Crippen molar-refractivity contribution in [3.63, 3.8) is 0 Å². The van der Waals surface area contributed by atoms with Crippen LogP contribution in [0, 0.1) is 0 Å². The molecule has 14 heteroatoms. The average molecular weight is 388 g/mol. The lowest BCUT2D eigenvalue weighted by Crippen LogP contribution is -2.58. The average Bonchev–Trinajstić information content (AvgIpc) is 2.97. The molecule has 0 bridgehead atoms. The largest absolute Gasteiger partial charge is 0.480 e. The number of hydrogen-bond acceptors (Lipinski definition) is 8. The summed E-state index contributed by atoms with van der Waals surface area (Å²) in [6.07, 6.45) is -0.370. The van der Waals surface area contributed by atoms with Crippen molar-refractivity contribution >= 4 is 33.7 Å². The molecule has 3 heterocycles. The maximum atomic E-state index is 12.8. The molecule has 2 fully saturated rings. The van der Waals surface area contributed by atoms with Gasteiger partial charge in [-0.25, -0.2) is 27.5 Å². The van der Waals surface area contributed by atoms with Crippen LogP contribution in [-0.2, 0) is 26.0 Å². The Morgan fingerprint density at radius 3 is 2.31 bits per heavy atom. The summed E-state index contributed by atoms with van der Waals surface area (Å²) in [5, 5.41) is 32.9. The van der Waals surface area contributed by atoms with Crippen LogP contribution in [0.25, 0.3) is 0 Å². The number of hydrogen-bond donors (Lipinski definition) is 3. The van der Waals surface area contributed by atoms with Gasteiger partial charge in [-0.3, -0.25) is 4.79 Å². The topological polar surface area (TPSA) is 197 Å². The van der Waals surface area contributed by atoms with Gasteiger partial charge in [0, 0.05) is 0 Å². The molecule has 0 aromatic carbocycles. The third-order valence-corrected chi connectivity index (χ3v) is 7.41. The minimum absolute atomic E-state index is 0.370. The molecule has 140 valence electrons. The predicted molar refractivity (Wildman–Crippen MR) is 77.9 cm³/mol. The second kappa shape index (κ2) is 5.23. The smallest absolute Gasteiger partial charge is 0.359 e. The van der Waals surface area contributed by atoms with E-state index in [4.69, 9.17) is 5.11 Å². The highest BCUT2D eigenvalue weighted by Gasteiger charge is 2.70. The van der Waals surface area contributed by atoms with Gasteiger partial charge in [0.2, 0.25) is 11.6 Å². The highest BCUT2D eigenvalue weighted by molar-refractivity contribution is 7.93. The van der Waals surface area contributed by atoms with Crippen molar-refractivity contribution in [2.75, 3.05) is 0 Å². The monoisotopic (exact) mass is 388 g/mol. The Labute approximate surface area is 144 Å². The normalized spacial score (nSPS) is 29.1. The molecular formula is C12H12N4O9S. The van der Waals surface area contributed by atoms with E-state index in [1.165, 1.54) is 0 Å². The fraction of sp³-hybridized carbons (Fsp3) is 0.500. The quantitative estimate of drug-likeness (QED) is 0.466. The van der Waals surface area contributed by atoms with Gasteiger partial charge < -0.3 is 20.2 Å². The molecule has 26 heavy (non-hydrogen) atoms. The van der Waals surface area contributed by atoms with Crippen molar-refractivity contribution < 1.29 is 42.9 Å². The molecule has 0 unspecified atom stereocenters. The van der Waals surface area contributed by atoms with Crippen LogP contribution in [-0.4, -0.2) is 83.6 Å². The van der Waals surface area contributed by atoms with Gasteiger partial charge in [0.25, 0.3) is 0 Å². The summed E-state index contributed by atoms with van der Waals surface area (Å²) in [6, 6.07) is -1.77. The predicted octanol–water partition coefficient (Wildman–Crippen LogP) is -2.13. The molecule has 2 saturated heterocycles. The van der Waals surface area contributed by atoms with Gasteiger partial charge in [-0.05, 0) is 6.92 Å². The minimum atomic E-state index is -4.21. The number of β-lactam (4-membered cyclic amide) rings is 1. The van der Waals surface area contributed by atoms with E-state index in [-0.39, 0.29) is 6.42 Å². The van der Waals surface area contributed by atoms with Gasteiger partial charge in [-0.2, -0.15) is 0 Å². The molecular weight excluding hydrogens is 376 g/mol. The third kappa shape index (κ3) is 2.04. The van der Waals surface area contributed by atoms with Crippen LogP contribution in [0.4, 0.5) is 0 Å². The van der Waals surface area contributed by atoms with Crippen molar-refractivity contribution in [1.82, 2.24) is 19.9 Å². The number of carboxylic acid groups (broad SMARTS) is 3. The van der Waals surface area contributed by atoms with E-state index >= 15 is 0 Å². The number of aliphatic carboxylic acids is 1. The maximum Gasteiger partial charge on any atom is 0.359 e. The molecule has 3 N–H and O–H groups in total. The summed E-state index contributed by atoms with van der Waals surface area (Å²) < 4.78 is 24.0. The van der Waals surface area contributed by atoms with Crippen molar-refractivity contribution in [3.8, 4) is 0 Å². The Morgan fingerprint density at radius 1 is 1.23 bits per heavy atom. The molecule has 0 radical (unpaired) electrons. The van der Waals surface area contributed by atoms with Crippen molar-refractivity contribution in [1.29, 1.82) is 0 Å². The number of amides is 1. The number of rotatable bonds is 5. The summed E-state index contributed by atoms with van der Waals surface area (Å²) in [4.78, 5) is 46.5. The number of carbonyl (C=O) groups excluding carboxylic acids is 1. The zero-order chi connectivity index (χ0) is 19.6. The van der Waals surface area contributed by atoms with Crippen molar-refractivity contribution in [3.05, 3.63) is 11.4 Å². The van der Waals surface area contributed by atoms with Gasteiger partial charge in [-0.15, -0.1) is 5.10 Å². The summed E-state index contributed by atoms with van der Waals surface area (Å²) in [5.41, 5.74) is -1.80. The SMILES string of the molecule is C[C@]1(Cn2nnc(C(=O)O)c2C(=O)O)[C@H](C(=O)O)N2C(=O)C[C@@H]2S1(=O)=O. The first-order valence-corrected chi connectivity index (χ1v) is 8.65. The fourth-order valence-electron chi connectivity index (χ4n) is 3.36. The first kappa shape index (κ1) is 17.8. The molecule has 13 nitrogen and oxygen atoms in total. The number of nitrogens with zero attached hydrogens (tertiary/aromatic N) is 4. The maximum absolute atomic E-state index is 12.8. The number of aromatic carboxylic acids is 2. The Hall–Kier alpha value is -3.03. The molecule has 3 atom stereocenters. The van der Waals surface area contributed by atoms with Gasteiger partial charge in [-0.1, -0.05) is 5.21 Å². The van der Waals surface area contributed by atoms with Crippen LogP contribution >= 0.6 is 0 Å². The van der Waals surface area contributed by atoms with E-state index in [1.54, 1.807) is 0 Å². The molecule has 0 saturated carbocycles. The highest BCUT2D eigenvalue weighted by Crippen LogP contribution is 2.46. The Bertz CT molecular complexity index is 967. The second-order valence-corrected chi connectivity index (χ2v) is 8.68. The van der Waals surface area contributed by atoms with E-state index in [0.717, 1.165) is 11.8 Å². The number of carboxylic acids is 3. The Balaban J connectivity index is 2.14. The molecule has 2 aliphatic heterocycles. The third-order valence-electron chi connectivity index (χ3n) is 4.65. The van der Waals surface area contributed by atoms with E-state index < -0.39 is 67.7 Å². The van der Waals surface area contributed by atoms with Crippen LogP contribution in [0.5, 0.6) is 0 Å². The van der Waals surface area contributed by atoms with Crippen LogP contribution in [0.1, 0.15) is 34.3 Å². The number of fused-ring (bicyclic) bond motifs is 1. The summed E-state index contributed by atoms with van der Waals surface area (Å²) >= 11 is 0. The van der Waals surface area contributed by atoms with E-state index in [0.29, 0.717) is 4.68 Å². The zero-order valence-electron chi connectivity index (χ0n) is 13.1. The van der Waals surface area contributed by atoms with Crippen LogP contribution in [0.2, 0.25) is 0 Å². The lowest BCUT2D eigenvalue weighted by atomic mass is 9.96. The van der Waals surface area contributed by atoms with Crippen molar-refractivity contribution in [2.45, 2.75) is 36.1 Å². The molecule has 2 aliphatic rings. The van der Waals surface area contributed by atoms with E-state index in [2.05, 4.69) is 10.3 Å². The van der Waals surface area contributed by atoms with Gasteiger partial charge in [0.15, 0.2) is 21.6 Å². The molecule has 1 amide bonds. The lowest BCUT2D eigenvalue weighted by molar-refractivity contribution is -0.157. The van der Waals surface area contributed by atoms with Gasteiger partial charge in [0.1, 0.15) is 10.1 Å². The molecule has 1 aromatic rings.